The molecule has 0 radical (unpaired) electrons. The Morgan fingerprint density at radius 2 is 1.62 bits per heavy atom. The van der Waals surface area contributed by atoms with Gasteiger partial charge >= 0.3 is 0 Å². The van der Waals surface area contributed by atoms with E-state index >= 15 is 0 Å². The van der Waals surface area contributed by atoms with E-state index in [-0.39, 0.29) is 17.6 Å². The summed E-state index contributed by atoms with van der Waals surface area (Å²) in [4.78, 5) is 24.6. The topological polar surface area (TPSA) is 96.2 Å². The maximum Gasteiger partial charge on any atom is 0.254 e. The molecule has 3 aromatic rings. The highest BCUT2D eigenvalue weighted by molar-refractivity contribution is 5.95. The number of aromatic hydroxyl groups is 1. The highest BCUT2D eigenvalue weighted by Gasteiger charge is 2.16. The van der Waals surface area contributed by atoms with Crippen LogP contribution in [0, 0.1) is 0 Å². The average molecular weight is 392 g/mol. The van der Waals surface area contributed by atoms with E-state index in [2.05, 4.69) is 15.7 Å². The average Bonchev–Trinajstić information content (AvgIpc) is 3.14. The molecular weight excluding hydrogens is 368 g/mol. The number of rotatable bonds is 8. The molecule has 7 heteroatoms. The van der Waals surface area contributed by atoms with Crippen molar-refractivity contribution in [2.45, 2.75) is 19.9 Å². The zero-order chi connectivity index (χ0) is 20.6. The van der Waals surface area contributed by atoms with Gasteiger partial charge in [0.25, 0.3) is 11.8 Å². The highest BCUT2D eigenvalue weighted by Crippen LogP contribution is 2.12. The van der Waals surface area contributed by atoms with Gasteiger partial charge in [-0.2, -0.15) is 5.10 Å². The van der Waals surface area contributed by atoms with Crippen molar-refractivity contribution in [3.8, 4) is 5.75 Å². The summed E-state index contributed by atoms with van der Waals surface area (Å²) >= 11 is 0. The molecule has 0 aliphatic rings. The number of phenols is 1. The smallest absolute Gasteiger partial charge is 0.254 e. The van der Waals surface area contributed by atoms with E-state index in [1.165, 1.54) is 24.3 Å². The third-order valence-corrected chi connectivity index (χ3v) is 4.53. The number of nitrogens with zero attached hydrogens (tertiary/aromatic N) is 2. The minimum Gasteiger partial charge on any atom is -0.508 e. The molecule has 29 heavy (non-hydrogen) atoms. The second-order valence-corrected chi connectivity index (χ2v) is 6.56. The van der Waals surface area contributed by atoms with Crippen molar-refractivity contribution >= 4 is 11.8 Å². The van der Waals surface area contributed by atoms with Gasteiger partial charge in [-0.15, -0.1) is 0 Å². The number of aromatic nitrogens is 2. The molecule has 1 heterocycles. The van der Waals surface area contributed by atoms with E-state index in [9.17, 15) is 14.7 Å². The lowest BCUT2D eigenvalue weighted by molar-refractivity contribution is 0.0927. The first-order valence-electron chi connectivity index (χ1n) is 9.52. The number of phenolic OH excluding ortho intramolecular Hbond substituents is 1. The lowest BCUT2D eigenvalue weighted by Gasteiger charge is -2.09. The summed E-state index contributed by atoms with van der Waals surface area (Å²) < 4.78 is 1.84. The second-order valence-electron chi connectivity index (χ2n) is 6.56. The lowest BCUT2D eigenvalue weighted by atomic mass is 10.1. The Hall–Kier alpha value is -3.61. The fourth-order valence-corrected chi connectivity index (χ4v) is 3.03. The quantitative estimate of drug-likeness (QED) is 0.513. The third kappa shape index (κ3) is 5.22. The summed E-state index contributed by atoms with van der Waals surface area (Å²) in [6.45, 7) is 3.20. The molecule has 0 fully saturated rings. The molecule has 2 amide bonds. The number of hydrogen-bond donors (Lipinski definition) is 3. The van der Waals surface area contributed by atoms with Gasteiger partial charge in [-0.25, -0.2) is 0 Å². The Labute approximate surface area is 169 Å². The maximum absolute atomic E-state index is 12.5. The SMILES string of the molecule is CCc1c(C(=O)NCCNC(=O)c2ccc(O)cc2)cnn1Cc1ccccc1. The number of nitrogens with one attached hydrogen (secondary N) is 2. The van der Waals surface area contributed by atoms with Gasteiger partial charge in [-0.05, 0) is 36.2 Å². The van der Waals surface area contributed by atoms with E-state index in [1.54, 1.807) is 6.20 Å². The molecule has 7 nitrogen and oxygen atoms in total. The van der Waals surface area contributed by atoms with Crippen molar-refractivity contribution < 1.29 is 14.7 Å². The first kappa shape index (κ1) is 20.1. The van der Waals surface area contributed by atoms with Crippen molar-refractivity contribution in [3.05, 3.63) is 83.2 Å². The molecule has 1 aromatic heterocycles. The number of carbonyl (C=O) groups excluding carboxylic acids is 2. The normalized spacial score (nSPS) is 10.5. The van der Waals surface area contributed by atoms with Crippen molar-refractivity contribution in [2.75, 3.05) is 13.1 Å². The lowest BCUT2D eigenvalue weighted by Crippen LogP contribution is -2.35. The Bertz CT molecular complexity index is 965. The molecule has 150 valence electrons. The zero-order valence-corrected chi connectivity index (χ0v) is 16.3. The molecule has 0 aliphatic carbocycles. The summed E-state index contributed by atoms with van der Waals surface area (Å²) in [5.41, 5.74) is 2.99. The molecule has 0 saturated heterocycles. The third-order valence-electron chi connectivity index (χ3n) is 4.53. The highest BCUT2D eigenvalue weighted by atomic mass is 16.3. The number of benzene rings is 2. The number of hydrogen-bond acceptors (Lipinski definition) is 4. The monoisotopic (exact) mass is 392 g/mol. The van der Waals surface area contributed by atoms with Crippen LogP contribution in [-0.4, -0.2) is 39.8 Å². The van der Waals surface area contributed by atoms with E-state index in [0.29, 0.717) is 37.2 Å². The van der Waals surface area contributed by atoms with Crippen molar-refractivity contribution in [1.29, 1.82) is 0 Å². The van der Waals surface area contributed by atoms with Gasteiger partial charge < -0.3 is 15.7 Å². The van der Waals surface area contributed by atoms with Crippen LogP contribution in [0.2, 0.25) is 0 Å². The van der Waals surface area contributed by atoms with Crippen LogP contribution in [0.3, 0.4) is 0 Å². The predicted octanol–water partition coefficient (Wildman–Crippen LogP) is 2.36. The van der Waals surface area contributed by atoms with Crippen LogP contribution >= 0.6 is 0 Å². The van der Waals surface area contributed by atoms with E-state index in [0.717, 1.165) is 11.3 Å². The van der Waals surface area contributed by atoms with Crippen molar-refractivity contribution in [3.63, 3.8) is 0 Å². The van der Waals surface area contributed by atoms with E-state index in [1.807, 2.05) is 41.9 Å². The molecule has 0 unspecified atom stereocenters. The van der Waals surface area contributed by atoms with Crippen molar-refractivity contribution in [1.82, 2.24) is 20.4 Å². The van der Waals surface area contributed by atoms with Gasteiger partial charge in [0.1, 0.15) is 5.75 Å². The van der Waals surface area contributed by atoms with Gasteiger partial charge in [-0.3, -0.25) is 14.3 Å². The van der Waals surface area contributed by atoms with Crippen LogP contribution in [-0.2, 0) is 13.0 Å². The van der Waals surface area contributed by atoms with Crippen LogP contribution in [0.1, 0.15) is 38.9 Å². The molecular formula is C22H24N4O3. The number of amides is 2. The van der Waals surface area contributed by atoms with Crippen LogP contribution in [0.25, 0.3) is 0 Å². The summed E-state index contributed by atoms with van der Waals surface area (Å²) in [5, 5.41) is 19.2. The largest absolute Gasteiger partial charge is 0.508 e. The minimum atomic E-state index is -0.260. The Morgan fingerprint density at radius 1 is 0.966 bits per heavy atom. The summed E-state index contributed by atoms with van der Waals surface area (Å²) in [7, 11) is 0. The van der Waals surface area contributed by atoms with Crippen LogP contribution < -0.4 is 10.6 Å². The summed E-state index contributed by atoms with van der Waals surface area (Å²) in [6.07, 6.45) is 2.28. The van der Waals surface area contributed by atoms with Crippen molar-refractivity contribution in [2.24, 2.45) is 0 Å². The summed E-state index contributed by atoms with van der Waals surface area (Å²) in [5.74, 6) is -0.363. The predicted molar refractivity (Wildman–Crippen MR) is 110 cm³/mol. The van der Waals surface area contributed by atoms with Gasteiger partial charge in [0, 0.05) is 18.7 Å². The molecule has 0 bridgehead atoms. The van der Waals surface area contributed by atoms with Crippen LogP contribution in [0.5, 0.6) is 5.75 Å². The van der Waals surface area contributed by atoms with E-state index in [4.69, 9.17) is 0 Å². The van der Waals surface area contributed by atoms with Crippen LogP contribution in [0.15, 0.2) is 60.8 Å². The van der Waals surface area contributed by atoms with E-state index < -0.39 is 0 Å². The van der Waals surface area contributed by atoms with Gasteiger partial charge in [0.05, 0.1) is 24.0 Å². The molecule has 3 N–H and O–H groups in total. The second kappa shape index (κ2) is 9.54. The summed E-state index contributed by atoms with van der Waals surface area (Å²) in [6, 6.07) is 16.0. The Balaban J connectivity index is 1.53. The zero-order valence-electron chi connectivity index (χ0n) is 16.3. The Morgan fingerprint density at radius 3 is 2.28 bits per heavy atom. The number of carbonyl (C=O) groups is 2. The fraction of sp³-hybridized carbons (Fsp3) is 0.227. The fourth-order valence-electron chi connectivity index (χ4n) is 3.03. The molecule has 0 saturated carbocycles. The molecule has 0 aliphatic heterocycles. The van der Waals surface area contributed by atoms with Gasteiger partial charge in [0.15, 0.2) is 0 Å². The molecule has 0 spiro atoms. The van der Waals surface area contributed by atoms with Crippen LogP contribution in [0.4, 0.5) is 0 Å². The first-order chi connectivity index (χ1) is 14.1. The first-order valence-corrected chi connectivity index (χ1v) is 9.52. The van der Waals surface area contributed by atoms with Gasteiger partial charge in [-0.1, -0.05) is 37.3 Å². The molecule has 0 atom stereocenters. The molecule has 2 aromatic carbocycles. The standard InChI is InChI=1S/C22H24N4O3/c1-2-20-19(14-25-26(20)15-16-6-4-3-5-7-16)22(29)24-13-12-23-21(28)17-8-10-18(27)11-9-17/h3-11,14,27H,2,12-13,15H2,1H3,(H,23,28)(H,24,29). The van der Waals surface area contributed by atoms with Gasteiger partial charge in [0.2, 0.25) is 0 Å². The Kier molecular flexibility index (Phi) is 6.63. The molecule has 3 rings (SSSR count). The maximum atomic E-state index is 12.5. The minimum absolute atomic E-state index is 0.105.